The molecule has 0 aliphatic carbocycles. The van der Waals surface area contributed by atoms with E-state index in [1.807, 2.05) is 12.1 Å². The zero-order valence-electron chi connectivity index (χ0n) is 16.1. The van der Waals surface area contributed by atoms with Gasteiger partial charge in [0, 0.05) is 17.0 Å². The molecule has 0 saturated heterocycles. The molecule has 0 aromatic heterocycles. The molecule has 0 heterocycles. The average molecular weight is 412 g/mol. The van der Waals surface area contributed by atoms with Gasteiger partial charge in [-0.05, 0) is 52.8 Å². The molecule has 0 saturated carbocycles. The zero-order valence-corrected chi connectivity index (χ0v) is 16.1. The number of benzene rings is 4. The highest BCUT2D eigenvalue weighted by molar-refractivity contribution is 5.89. The lowest BCUT2D eigenvalue weighted by atomic mass is 9.95. The first-order valence-electron chi connectivity index (χ1n) is 9.54. The molecule has 4 rings (SSSR count). The van der Waals surface area contributed by atoms with Gasteiger partial charge in [-0.3, -0.25) is 0 Å². The van der Waals surface area contributed by atoms with E-state index >= 15 is 4.39 Å². The maximum atomic E-state index is 15.1. The van der Waals surface area contributed by atoms with Gasteiger partial charge < -0.3 is 0 Å². The maximum Gasteiger partial charge on any atom is 0.138 e. The van der Waals surface area contributed by atoms with E-state index in [0.717, 1.165) is 42.7 Å². The van der Waals surface area contributed by atoms with Gasteiger partial charge in [0.1, 0.15) is 29.1 Å². The van der Waals surface area contributed by atoms with Crippen molar-refractivity contribution in [3.8, 4) is 22.3 Å². The molecule has 0 bridgehead atoms. The van der Waals surface area contributed by atoms with Gasteiger partial charge in [-0.25, -0.2) is 22.0 Å². The summed E-state index contributed by atoms with van der Waals surface area (Å²) in [7, 11) is 0. The van der Waals surface area contributed by atoms with Gasteiger partial charge in [-0.15, -0.1) is 0 Å². The van der Waals surface area contributed by atoms with E-state index in [2.05, 4.69) is 6.92 Å². The van der Waals surface area contributed by atoms with Crippen LogP contribution in [0.3, 0.4) is 0 Å². The molecule has 0 unspecified atom stereocenters. The molecule has 0 amide bonds. The molecule has 4 aromatic carbocycles. The Bertz CT molecular complexity index is 1220. The molecule has 5 heteroatoms. The number of aryl methyl sites for hydroxylation is 1. The third kappa shape index (κ3) is 3.67. The number of halogens is 5. The van der Waals surface area contributed by atoms with Crippen LogP contribution in [0.25, 0.3) is 33.0 Å². The molecule has 0 radical (unpaired) electrons. The standard InChI is InChI=1S/C25H17F5/c1-2-3-14-4-6-20-15(8-14)5-7-21(25(20)30)16-11-22(28)24(23(29)12-16)17-9-18(26)13-19(27)10-17/h4-13H,2-3H2,1H3. The summed E-state index contributed by atoms with van der Waals surface area (Å²) in [6.07, 6.45) is 1.84. The Balaban J connectivity index is 1.82. The highest BCUT2D eigenvalue weighted by Gasteiger charge is 2.18. The van der Waals surface area contributed by atoms with E-state index < -0.39 is 34.6 Å². The molecule has 0 aliphatic rings. The van der Waals surface area contributed by atoms with Gasteiger partial charge >= 0.3 is 0 Å². The van der Waals surface area contributed by atoms with Crippen LogP contribution in [0.15, 0.2) is 60.7 Å². The SMILES string of the molecule is CCCc1ccc2c(F)c(-c3cc(F)c(-c4cc(F)cc(F)c4)c(F)c3)ccc2c1. The lowest BCUT2D eigenvalue weighted by Crippen LogP contribution is -1.96. The number of fused-ring (bicyclic) bond motifs is 1. The Morgan fingerprint density at radius 3 is 1.97 bits per heavy atom. The minimum Gasteiger partial charge on any atom is -0.207 e. The topological polar surface area (TPSA) is 0 Å². The maximum absolute atomic E-state index is 15.1. The molecular formula is C25H17F5. The minimum atomic E-state index is -1.03. The van der Waals surface area contributed by atoms with Crippen LogP contribution in [0.5, 0.6) is 0 Å². The molecule has 4 aromatic rings. The highest BCUT2D eigenvalue weighted by Crippen LogP contribution is 2.35. The predicted octanol–water partition coefficient (Wildman–Crippen LogP) is 7.82. The van der Waals surface area contributed by atoms with Crippen molar-refractivity contribution < 1.29 is 22.0 Å². The van der Waals surface area contributed by atoms with E-state index in [4.69, 9.17) is 0 Å². The minimum absolute atomic E-state index is 0.00246. The summed E-state index contributed by atoms with van der Waals surface area (Å²) in [5.74, 6) is -4.55. The van der Waals surface area contributed by atoms with Crippen LogP contribution in [0.4, 0.5) is 22.0 Å². The number of hydrogen-bond donors (Lipinski definition) is 0. The van der Waals surface area contributed by atoms with Gasteiger partial charge in [-0.1, -0.05) is 43.7 Å². The van der Waals surface area contributed by atoms with Crippen molar-refractivity contribution in [3.05, 3.63) is 95.3 Å². The Morgan fingerprint density at radius 1 is 0.667 bits per heavy atom. The summed E-state index contributed by atoms with van der Waals surface area (Å²) in [5, 5.41) is 1.06. The second kappa shape index (κ2) is 7.90. The van der Waals surface area contributed by atoms with Crippen molar-refractivity contribution in [2.75, 3.05) is 0 Å². The first-order valence-corrected chi connectivity index (χ1v) is 9.54. The van der Waals surface area contributed by atoms with Gasteiger partial charge in [0.2, 0.25) is 0 Å². The van der Waals surface area contributed by atoms with Gasteiger partial charge in [0.05, 0.1) is 5.56 Å². The third-order valence-corrected chi connectivity index (χ3v) is 5.06. The fourth-order valence-corrected chi connectivity index (χ4v) is 3.71. The summed E-state index contributed by atoms with van der Waals surface area (Å²) in [6, 6.07) is 12.8. The van der Waals surface area contributed by atoms with E-state index in [-0.39, 0.29) is 16.7 Å². The van der Waals surface area contributed by atoms with Crippen molar-refractivity contribution in [1.82, 2.24) is 0 Å². The molecule has 0 spiro atoms. The summed E-state index contributed by atoms with van der Waals surface area (Å²) >= 11 is 0. The zero-order chi connectivity index (χ0) is 21.4. The van der Waals surface area contributed by atoms with Gasteiger partial charge in [0.15, 0.2) is 0 Å². The molecule has 30 heavy (non-hydrogen) atoms. The second-order valence-corrected chi connectivity index (χ2v) is 7.21. The Labute approximate surface area is 170 Å². The van der Waals surface area contributed by atoms with Gasteiger partial charge in [-0.2, -0.15) is 0 Å². The monoisotopic (exact) mass is 412 g/mol. The normalized spacial score (nSPS) is 11.3. The lowest BCUT2D eigenvalue weighted by Gasteiger charge is -2.12. The summed E-state index contributed by atoms with van der Waals surface area (Å²) in [4.78, 5) is 0. The molecule has 0 N–H and O–H groups in total. The van der Waals surface area contributed by atoms with Crippen LogP contribution in [-0.2, 0) is 6.42 Å². The third-order valence-electron chi connectivity index (χ3n) is 5.06. The highest BCUT2D eigenvalue weighted by atomic mass is 19.1. The van der Waals surface area contributed by atoms with E-state index in [1.165, 1.54) is 6.07 Å². The summed E-state index contributed by atoms with van der Waals surface area (Å²) < 4.78 is 71.5. The van der Waals surface area contributed by atoms with Crippen LogP contribution < -0.4 is 0 Å². The largest absolute Gasteiger partial charge is 0.207 e. The second-order valence-electron chi connectivity index (χ2n) is 7.21. The number of hydrogen-bond acceptors (Lipinski definition) is 0. The molecular weight excluding hydrogens is 395 g/mol. The Kier molecular flexibility index (Phi) is 5.29. The first kappa shape index (κ1) is 20.1. The fourth-order valence-electron chi connectivity index (χ4n) is 3.71. The average Bonchev–Trinajstić information content (AvgIpc) is 2.67. The van der Waals surface area contributed by atoms with Crippen LogP contribution >= 0.6 is 0 Å². The summed E-state index contributed by atoms with van der Waals surface area (Å²) in [5.41, 5.74) is 0.295. The summed E-state index contributed by atoms with van der Waals surface area (Å²) in [6.45, 7) is 2.05. The van der Waals surface area contributed by atoms with E-state index in [9.17, 15) is 17.6 Å². The fraction of sp³-hybridized carbons (Fsp3) is 0.120. The Morgan fingerprint density at radius 2 is 1.33 bits per heavy atom. The van der Waals surface area contributed by atoms with Crippen LogP contribution in [0.2, 0.25) is 0 Å². The molecule has 0 nitrogen and oxygen atoms in total. The van der Waals surface area contributed by atoms with Crippen molar-refractivity contribution in [1.29, 1.82) is 0 Å². The molecule has 0 atom stereocenters. The van der Waals surface area contributed by atoms with Gasteiger partial charge in [0.25, 0.3) is 0 Å². The van der Waals surface area contributed by atoms with Crippen LogP contribution in [0.1, 0.15) is 18.9 Å². The predicted molar refractivity (Wildman–Crippen MR) is 109 cm³/mol. The van der Waals surface area contributed by atoms with Crippen LogP contribution in [-0.4, -0.2) is 0 Å². The van der Waals surface area contributed by atoms with Crippen molar-refractivity contribution >= 4 is 10.8 Å². The Hall–Kier alpha value is -3.21. The van der Waals surface area contributed by atoms with E-state index in [0.29, 0.717) is 16.8 Å². The van der Waals surface area contributed by atoms with Crippen LogP contribution in [0, 0.1) is 29.1 Å². The smallest absolute Gasteiger partial charge is 0.138 e. The molecule has 0 fully saturated rings. The molecule has 152 valence electrons. The number of rotatable bonds is 4. The van der Waals surface area contributed by atoms with E-state index in [1.54, 1.807) is 12.1 Å². The lowest BCUT2D eigenvalue weighted by molar-refractivity contribution is 0.578. The van der Waals surface area contributed by atoms with Crippen molar-refractivity contribution in [2.24, 2.45) is 0 Å². The van der Waals surface area contributed by atoms with Crippen molar-refractivity contribution in [3.63, 3.8) is 0 Å². The molecule has 0 aliphatic heterocycles. The first-order chi connectivity index (χ1) is 14.4. The quantitative estimate of drug-likeness (QED) is 0.300. The van der Waals surface area contributed by atoms with Crippen molar-refractivity contribution in [2.45, 2.75) is 19.8 Å².